The zero-order valence-corrected chi connectivity index (χ0v) is 13.5. The molecule has 0 aliphatic heterocycles. The van der Waals surface area contributed by atoms with Crippen LogP contribution in [-0.2, 0) is 6.42 Å². The largest absolute Gasteiger partial charge is 0.476 e. The Morgan fingerprint density at radius 1 is 1.38 bits per heavy atom. The molecule has 21 heavy (non-hydrogen) atoms. The van der Waals surface area contributed by atoms with Gasteiger partial charge in [-0.15, -0.1) is 11.3 Å². The summed E-state index contributed by atoms with van der Waals surface area (Å²) in [6.45, 7) is 6.69. The van der Waals surface area contributed by atoms with E-state index in [-0.39, 0.29) is 17.8 Å². The second-order valence-electron chi connectivity index (χ2n) is 4.95. The molecule has 6 nitrogen and oxygen atoms in total. The number of rotatable bonds is 8. The monoisotopic (exact) mass is 313 g/mol. The number of urea groups is 1. The predicted molar refractivity (Wildman–Crippen MR) is 82.8 cm³/mol. The molecular formula is C14H23N3O3S. The molecule has 0 spiro atoms. The van der Waals surface area contributed by atoms with Crippen molar-refractivity contribution in [2.45, 2.75) is 46.1 Å². The highest BCUT2D eigenvalue weighted by Crippen LogP contribution is 2.12. The number of carboxylic acid groups (broad SMARTS) is 1. The van der Waals surface area contributed by atoms with Gasteiger partial charge in [0.15, 0.2) is 5.69 Å². The second-order valence-corrected chi connectivity index (χ2v) is 5.89. The van der Waals surface area contributed by atoms with E-state index in [1.54, 1.807) is 0 Å². The maximum Gasteiger partial charge on any atom is 0.355 e. The van der Waals surface area contributed by atoms with E-state index in [1.807, 2.05) is 6.92 Å². The first-order valence-corrected chi connectivity index (χ1v) is 8.07. The molecule has 1 aromatic heterocycles. The first-order valence-electron chi connectivity index (χ1n) is 7.19. The van der Waals surface area contributed by atoms with E-state index in [0.29, 0.717) is 23.9 Å². The number of nitrogens with one attached hydrogen (secondary N) is 2. The smallest absolute Gasteiger partial charge is 0.355 e. The third-order valence-electron chi connectivity index (χ3n) is 3.51. The molecule has 0 bridgehead atoms. The molecule has 7 heteroatoms. The maximum absolute atomic E-state index is 11.8. The van der Waals surface area contributed by atoms with Crippen molar-refractivity contribution in [1.29, 1.82) is 0 Å². The third kappa shape index (κ3) is 5.71. The number of hydrogen-bond donors (Lipinski definition) is 3. The third-order valence-corrected chi connectivity index (χ3v) is 4.42. The molecule has 0 radical (unpaired) electrons. The van der Waals surface area contributed by atoms with Gasteiger partial charge in [0.2, 0.25) is 0 Å². The van der Waals surface area contributed by atoms with Crippen LogP contribution in [0.2, 0.25) is 0 Å². The fraction of sp³-hybridized carbons (Fsp3) is 0.643. The molecule has 0 fully saturated rings. The summed E-state index contributed by atoms with van der Waals surface area (Å²) in [5.41, 5.74) is 0.0572. The SMILES string of the molecule is CCC(CC)C(C)NC(=O)NCCc1nc(C(=O)O)cs1. The Morgan fingerprint density at radius 2 is 2.05 bits per heavy atom. The molecule has 0 aliphatic carbocycles. The number of aromatic carboxylic acids is 1. The minimum Gasteiger partial charge on any atom is -0.476 e. The summed E-state index contributed by atoms with van der Waals surface area (Å²) < 4.78 is 0. The van der Waals surface area contributed by atoms with Crippen molar-refractivity contribution in [1.82, 2.24) is 15.6 Å². The van der Waals surface area contributed by atoms with E-state index < -0.39 is 5.97 Å². The van der Waals surface area contributed by atoms with E-state index >= 15 is 0 Å². The van der Waals surface area contributed by atoms with E-state index in [9.17, 15) is 9.59 Å². The number of nitrogens with zero attached hydrogens (tertiary/aromatic N) is 1. The lowest BCUT2D eigenvalue weighted by Gasteiger charge is -2.22. The molecule has 1 rings (SSSR count). The number of amides is 2. The molecule has 0 aromatic carbocycles. The Balaban J connectivity index is 2.31. The highest BCUT2D eigenvalue weighted by molar-refractivity contribution is 7.09. The topological polar surface area (TPSA) is 91.3 Å². The van der Waals surface area contributed by atoms with Crippen molar-refractivity contribution in [2.75, 3.05) is 6.54 Å². The van der Waals surface area contributed by atoms with Gasteiger partial charge in [-0.25, -0.2) is 14.6 Å². The van der Waals surface area contributed by atoms with Gasteiger partial charge in [0, 0.05) is 24.4 Å². The Morgan fingerprint density at radius 3 is 2.57 bits per heavy atom. The molecule has 3 N–H and O–H groups in total. The van der Waals surface area contributed by atoms with Crippen molar-refractivity contribution >= 4 is 23.3 Å². The van der Waals surface area contributed by atoms with Crippen LogP contribution in [0.25, 0.3) is 0 Å². The second kappa shape index (κ2) is 8.61. The molecule has 2 amide bonds. The van der Waals surface area contributed by atoms with Gasteiger partial charge in [0.05, 0.1) is 5.01 Å². The lowest BCUT2D eigenvalue weighted by atomic mass is 9.96. The molecule has 1 unspecified atom stereocenters. The van der Waals surface area contributed by atoms with Crippen LogP contribution < -0.4 is 10.6 Å². The summed E-state index contributed by atoms with van der Waals surface area (Å²) in [6.07, 6.45) is 2.61. The summed E-state index contributed by atoms with van der Waals surface area (Å²) >= 11 is 1.29. The number of thiazole rings is 1. The standard InChI is InChI=1S/C14H23N3O3S/c1-4-10(5-2)9(3)16-14(20)15-7-6-12-17-11(8-21-12)13(18)19/h8-10H,4-7H2,1-3H3,(H,18,19)(H2,15,16,20). The number of aromatic nitrogens is 1. The van der Waals surface area contributed by atoms with Gasteiger partial charge < -0.3 is 15.7 Å². The molecule has 118 valence electrons. The Labute approximate surface area is 129 Å². The lowest BCUT2D eigenvalue weighted by molar-refractivity contribution is 0.0691. The van der Waals surface area contributed by atoms with Crippen LogP contribution in [0, 0.1) is 5.92 Å². The van der Waals surface area contributed by atoms with Crippen molar-refractivity contribution in [3.05, 3.63) is 16.1 Å². The lowest BCUT2D eigenvalue weighted by Crippen LogP contribution is -2.44. The molecule has 0 aliphatic rings. The summed E-state index contributed by atoms with van der Waals surface area (Å²) in [4.78, 5) is 26.4. The zero-order chi connectivity index (χ0) is 15.8. The first kappa shape index (κ1) is 17.4. The molecule has 1 aromatic rings. The number of carbonyl (C=O) groups excluding carboxylic acids is 1. The van der Waals surface area contributed by atoms with Crippen molar-refractivity contribution < 1.29 is 14.7 Å². The molecule has 1 heterocycles. The summed E-state index contributed by atoms with van der Waals surface area (Å²) in [6, 6.07) is -0.0529. The fourth-order valence-corrected chi connectivity index (χ4v) is 2.95. The molecule has 0 saturated heterocycles. The van der Waals surface area contributed by atoms with E-state index in [4.69, 9.17) is 5.11 Å². The first-order chi connectivity index (χ1) is 9.97. The van der Waals surface area contributed by atoms with Gasteiger partial charge in [0.25, 0.3) is 0 Å². The fourth-order valence-electron chi connectivity index (χ4n) is 2.18. The highest BCUT2D eigenvalue weighted by atomic mass is 32.1. The van der Waals surface area contributed by atoms with Crippen LogP contribution in [0.4, 0.5) is 4.79 Å². The van der Waals surface area contributed by atoms with Gasteiger partial charge in [0.1, 0.15) is 0 Å². The quantitative estimate of drug-likeness (QED) is 0.687. The molecule has 0 saturated carbocycles. The summed E-state index contributed by atoms with van der Waals surface area (Å²) in [7, 11) is 0. The zero-order valence-electron chi connectivity index (χ0n) is 12.7. The minimum absolute atomic E-state index is 0.0572. The van der Waals surface area contributed by atoms with Crippen molar-refractivity contribution in [2.24, 2.45) is 5.92 Å². The van der Waals surface area contributed by atoms with Gasteiger partial charge in [-0.3, -0.25) is 0 Å². The van der Waals surface area contributed by atoms with Gasteiger partial charge in [-0.2, -0.15) is 0 Å². The Hall–Kier alpha value is -1.63. The predicted octanol–water partition coefficient (Wildman–Crippen LogP) is 2.51. The average Bonchev–Trinajstić information content (AvgIpc) is 2.89. The van der Waals surface area contributed by atoms with Crippen LogP contribution in [0.5, 0.6) is 0 Å². The highest BCUT2D eigenvalue weighted by Gasteiger charge is 2.15. The van der Waals surface area contributed by atoms with E-state index in [1.165, 1.54) is 16.7 Å². The van der Waals surface area contributed by atoms with E-state index in [0.717, 1.165) is 12.8 Å². The number of hydrogen-bond acceptors (Lipinski definition) is 4. The Kier molecular flexibility index (Phi) is 7.14. The van der Waals surface area contributed by atoms with Crippen molar-refractivity contribution in [3.63, 3.8) is 0 Å². The maximum atomic E-state index is 11.8. The van der Waals surface area contributed by atoms with Gasteiger partial charge >= 0.3 is 12.0 Å². The minimum atomic E-state index is -1.03. The van der Waals surface area contributed by atoms with Crippen molar-refractivity contribution in [3.8, 4) is 0 Å². The summed E-state index contributed by atoms with van der Waals surface area (Å²) in [5.74, 6) is -0.546. The normalized spacial score (nSPS) is 12.2. The molecular weight excluding hydrogens is 290 g/mol. The van der Waals surface area contributed by atoms with Crippen LogP contribution >= 0.6 is 11.3 Å². The number of carbonyl (C=O) groups is 2. The Bertz CT molecular complexity index is 472. The summed E-state index contributed by atoms with van der Waals surface area (Å²) in [5, 5.41) is 16.7. The van der Waals surface area contributed by atoms with Gasteiger partial charge in [-0.1, -0.05) is 26.7 Å². The van der Waals surface area contributed by atoms with Crippen LogP contribution in [0.3, 0.4) is 0 Å². The van der Waals surface area contributed by atoms with Gasteiger partial charge in [-0.05, 0) is 12.8 Å². The molecule has 1 atom stereocenters. The van der Waals surface area contributed by atoms with E-state index in [2.05, 4.69) is 29.5 Å². The van der Waals surface area contributed by atoms with Crippen LogP contribution in [-0.4, -0.2) is 34.7 Å². The number of carboxylic acids is 1. The average molecular weight is 313 g/mol. The van der Waals surface area contributed by atoms with Crippen LogP contribution in [0.1, 0.15) is 49.1 Å². The van der Waals surface area contributed by atoms with Crippen LogP contribution in [0.15, 0.2) is 5.38 Å².